The van der Waals surface area contributed by atoms with E-state index in [1.165, 1.54) is 0 Å². The van der Waals surface area contributed by atoms with E-state index >= 15 is 0 Å². The summed E-state index contributed by atoms with van der Waals surface area (Å²) in [5.74, 6) is 0.0795. The summed E-state index contributed by atoms with van der Waals surface area (Å²) in [6.07, 6.45) is 0. The minimum absolute atomic E-state index is 0.0795. The molecule has 0 aromatic heterocycles. The first-order valence-corrected chi connectivity index (χ1v) is 5.41. The maximum Gasteiger partial charge on any atom is 0.159 e. The van der Waals surface area contributed by atoms with Crippen molar-refractivity contribution in [3.63, 3.8) is 0 Å². The largest absolute Gasteiger partial charge is 0.295 e. The molecule has 0 aliphatic carbocycles. The maximum absolute atomic E-state index is 11.3. The van der Waals surface area contributed by atoms with Gasteiger partial charge in [0.05, 0.1) is 0 Å². The quantitative estimate of drug-likeness (QED) is 0.707. The van der Waals surface area contributed by atoms with Crippen molar-refractivity contribution in [1.82, 2.24) is 0 Å². The number of benzene rings is 2. The third-order valence-corrected chi connectivity index (χ3v) is 2.70. The number of hydrogen-bond acceptors (Lipinski definition) is 1. The number of halogens is 1. The zero-order valence-corrected chi connectivity index (χ0v) is 9.66. The number of carbonyl (C=O) groups excluding carboxylic acids is 1. The Bertz CT molecular complexity index is 515. The lowest BCUT2D eigenvalue weighted by Gasteiger charge is -2.03. The van der Waals surface area contributed by atoms with E-state index in [0.717, 1.165) is 16.7 Å². The van der Waals surface area contributed by atoms with Gasteiger partial charge < -0.3 is 0 Å². The highest BCUT2D eigenvalue weighted by atomic mass is 35.5. The van der Waals surface area contributed by atoms with Crippen molar-refractivity contribution in [2.75, 3.05) is 0 Å². The molecule has 80 valence electrons. The summed E-state index contributed by atoms with van der Waals surface area (Å²) in [6, 6.07) is 15.2. The van der Waals surface area contributed by atoms with Gasteiger partial charge in [-0.2, -0.15) is 0 Å². The molecule has 0 saturated carbocycles. The lowest BCUT2D eigenvalue weighted by molar-refractivity contribution is 0.101. The zero-order chi connectivity index (χ0) is 11.5. The van der Waals surface area contributed by atoms with Crippen molar-refractivity contribution in [1.29, 1.82) is 0 Å². The first-order chi connectivity index (χ1) is 7.66. The first kappa shape index (κ1) is 10.9. The standard InChI is InChI=1S/C14H11ClO/c1-10(16)12-3-2-4-13(9-12)11-5-7-14(15)8-6-11/h2-9H,1H3. The second kappa shape index (κ2) is 4.50. The Morgan fingerprint density at radius 1 is 1.00 bits per heavy atom. The summed E-state index contributed by atoms with van der Waals surface area (Å²) < 4.78 is 0. The van der Waals surface area contributed by atoms with E-state index in [1.54, 1.807) is 6.92 Å². The summed E-state index contributed by atoms with van der Waals surface area (Å²) in [7, 11) is 0. The van der Waals surface area contributed by atoms with Crippen molar-refractivity contribution in [3.05, 3.63) is 59.1 Å². The Morgan fingerprint density at radius 2 is 1.69 bits per heavy atom. The van der Waals surface area contributed by atoms with Gasteiger partial charge in [-0.3, -0.25) is 4.79 Å². The molecular weight excluding hydrogens is 220 g/mol. The summed E-state index contributed by atoms with van der Waals surface area (Å²) >= 11 is 5.83. The molecule has 0 spiro atoms. The molecule has 16 heavy (non-hydrogen) atoms. The molecule has 2 aromatic rings. The molecule has 2 heteroatoms. The third kappa shape index (κ3) is 2.31. The molecule has 0 aliphatic heterocycles. The summed E-state index contributed by atoms with van der Waals surface area (Å²) in [6.45, 7) is 1.57. The lowest BCUT2D eigenvalue weighted by Crippen LogP contribution is -1.91. The smallest absolute Gasteiger partial charge is 0.159 e. The Balaban J connectivity index is 2.44. The maximum atomic E-state index is 11.3. The summed E-state index contributed by atoms with van der Waals surface area (Å²) in [4.78, 5) is 11.3. The van der Waals surface area contributed by atoms with Crippen LogP contribution in [0, 0.1) is 0 Å². The van der Waals surface area contributed by atoms with Crippen molar-refractivity contribution in [2.45, 2.75) is 6.92 Å². The van der Waals surface area contributed by atoms with Crippen molar-refractivity contribution in [3.8, 4) is 11.1 Å². The SMILES string of the molecule is CC(=O)c1cccc(-c2ccc(Cl)cc2)c1. The van der Waals surface area contributed by atoms with Gasteiger partial charge in [0, 0.05) is 10.6 Å². The van der Waals surface area contributed by atoms with Crippen LogP contribution in [0.5, 0.6) is 0 Å². The number of ketones is 1. The van der Waals surface area contributed by atoms with E-state index in [2.05, 4.69) is 0 Å². The van der Waals surface area contributed by atoms with E-state index in [9.17, 15) is 4.79 Å². The van der Waals surface area contributed by atoms with Gasteiger partial charge in [0.1, 0.15) is 0 Å². The molecule has 2 rings (SSSR count). The van der Waals surface area contributed by atoms with Gasteiger partial charge in [0.2, 0.25) is 0 Å². The highest BCUT2D eigenvalue weighted by molar-refractivity contribution is 6.30. The van der Waals surface area contributed by atoms with Gasteiger partial charge in [-0.1, -0.05) is 41.9 Å². The van der Waals surface area contributed by atoms with Crippen LogP contribution < -0.4 is 0 Å². The molecule has 0 atom stereocenters. The molecular formula is C14H11ClO. The fraction of sp³-hybridized carbons (Fsp3) is 0.0714. The minimum Gasteiger partial charge on any atom is -0.295 e. The number of Topliss-reactive ketones (excluding diaryl/α,β-unsaturated/α-hetero) is 1. The van der Waals surface area contributed by atoms with E-state index in [4.69, 9.17) is 11.6 Å². The van der Waals surface area contributed by atoms with Crippen LogP contribution in [0.3, 0.4) is 0 Å². The highest BCUT2D eigenvalue weighted by Crippen LogP contribution is 2.22. The molecule has 0 saturated heterocycles. The van der Waals surface area contributed by atoms with Crippen LogP contribution in [0.2, 0.25) is 5.02 Å². The van der Waals surface area contributed by atoms with Crippen LogP contribution in [0.4, 0.5) is 0 Å². The van der Waals surface area contributed by atoms with Crippen LogP contribution in [0.25, 0.3) is 11.1 Å². The molecule has 1 nitrogen and oxygen atoms in total. The van der Waals surface area contributed by atoms with Gasteiger partial charge >= 0.3 is 0 Å². The van der Waals surface area contributed by atoms with Crippen molar-refractivity contribution in [2.24, 2.45) is 0 Å². The van der Waals surface area contributed by atoms with Crippen LogP contribution in [-0.4, -0.2) is 5.78 Å². The zero-order valence-electron chi connectivity index (χ0n) is 8.91. The molecule has 0 fully saturated rings. The molecule has 0 aliphatic rings. The molecule has 2 aromatic carbocycles. The Morgan fingerprint density at radius 3 is 2.31 bits per heavy atom. The minimum atomic E-state index is 0.0795. The van der Waals surface area contributed by atoms with Gasteiger partial charge in [-0.05, 0) is 36.2 Å². The Kier molecular flexibility index (Phi) is 3.07. The fourth-order valence-electron chi connectivity index (χ4n) is 1.56. The van der Waals surface area contributed by atoms with E-state index in [0.29, 0.717) is 5.02 Å². The number of carbonyl (C=O) groups is 1. The predicted octanol–water partition coefficient (Wildman–Crippen LogP) is 4.21. The molecule has 0 unspecified atom stereocenters. The third-order valence-electron chi connectivity index (χ3n) is 2.45. The molecule has 0 amide bonds. The average molecular weight is 231 g/mol. The van der Waals surface area contributed by atoms with Crippen LogP contribution in [-0.2, 0) is 0 Å². The van der Waals surface area contributed by atoms with Crippen LogP contribution in [0.1, 0.15) is 17.3 Å². The van der Waals surface area contributed by atoms with Gasteiger partial charge in [-0.25, -0.2) is 0 Å². The Labute approximate surface area is 99.7 Å². The second-order valence-electron chi connectivity index (χ2n) is 3.64. The molecule has 0 bridgehead atoms. The highest BCUT2D eigenvalue weighted by Gasteiger charge is 2.02. The Hall–Kier alpha value is -1.60. The molecule has 0 heterocycles. The molecule has 0 N–H and O–H groups in total. The summed E-state index contributed by atoms with van der Waals surface area (Å²) in [5.41, 5.74) is 2.82. The van der Waals surface area contributed by atoms with Gasteiger partial charge in [0.15, 0.2) is 5.78 Å². The van der Waals surface area contributed by atoms with E-state index in [-0.39, 0.29) is 5.78 Å². The molecule has 0 radical (unpaired) electrons. The fourth-order valence-corrected chi connectivity index (χ4v) is 1.69. The van der Waals surface area contributed by atoms with Crippen LogP contribution >= 0.6 is 11.6 Å². The number of hydrogen-bond donors (Lipinski definition) is 0. The predicted molar refractivity (Wildman–Crippen MR) is 66.9 cm³/mol. The van der Waals surface area contributed by atoms with Gasteiger partial charge in [0.25, 0.3) is 0 Å². The van der Waals surface area contributed by atoms with E-state index in [1.807, 2.05) is 48.5 Å². The second-order valence-corrected chi connectivity index (χ2v) is 4.08. The monoisotopic (exact) mass is 230 g/mol. The van der Waals surface area contributed by atoms with Crippen LogP contribution in [0.15, 0.2) is 48.5 Å². The van der Waals surface area contributed by atoms with Crippen molar-refractivity contribution < 1.29 is 4.79 Å². The summed E-state index contributed by atoms with van der Waals surface area (Å²) in [5, 5.41) is 0.714. The normalized spacial score (nSPS) is 10.1. The van der Waals surface area contributed by atoms with E-state index < -0.39 is 0 Å². The van der Waals surface area contributed by atoms with Gasteiger partial charge in [-0.15, -0.1) is 0 Å². The number of rotatable bonds is 2. The lowest BCUT2D eigenvalue weighted by atomic mass is 10.0. The topological polar surface area (TPSA) is 17.1 Å². The average Bonchev–Trinajstić information content (AvgIpc) is 2.30. The first-order valence-electron chi connectivity index (χ1n) is 5.04. The van der Waals surface area contributed by atoms with Crippen molar-refractivity contribution >= 4 is 17.4 Å².